The van der Waals surface area contributed by atoms with Crippen LogP contribution in [-0.4, -0.2) is 41.0 Å². The molecule has 6 nitrogen and oxygen atoms in total. The van der Waals surface area contributed by atoms with Crippen molar-refractivity contribution in [2.45, 2.75) is 79.7 Å². The molecule has 0 radical (unpaired) electrons. The van der Waals surface area contributed by atoms with Crippen molar-refractivity contribution in [3.05, 3.63) is 0 Å². The first kappa shape index (κ1) is 25.1. The minimum absolute atomic E-state index is 0.0666. The minimum Gasteiger partial charge on any atom is -0.427 e. The van der Waals surface area contributed by atoms with Crippen LogP contribution in [0.1, 0.15) is 73.6 Å². The lowest BCUT2D eigenvalue weighted by atomic mass is 9.60. The number of hydrogen-bond donors (Lipinski definition) is 0. The molecule has 0 aromatic carbocycles. The SMILES string of the molecule is CCO[Si](CCC(=O)CC1CC(C)(C)CC(C)(COC#N)C1)(OCC)OCC. The molecular formula is C21H39NO5Si. The Morgan fingerprint density at radius 3 is 2.14 bits per heavy atom. The van der Waals surface area contributed by atoms with Gasteiger partial charge in [0.2, 0.25) is 0 Å². The van der Waals surface area contributed by atoms with Crippen molar-refractivity contribution in [3.8, 4) is 6.26 Å². The Bertz CT molecular complexity index is 516. The predicted octanol–water partition coefficient (Wildman–Crippen LogP) is 4.71. The molecule has 1 fully saturated rings. The van der Waals surface area contributed by atoms with E-state index in [0.717, 1.165) is 19.3 Å². The Balaban J connectivity index is 2.70. The molecule has 162 valence electrons. The number of nitrogens with zero attached hydrogens (tertiary/aromatic N) is 1. The maximum atomic E-state index is 12.8. The molecule has 0 aromatic heterocycles. The van der Waals surface area contributed by atoms with E-state index in [-0.39, 0.29) is 16.6 Å². The Hall–Kier alpha value is -0.943. The molecule has 0 heterocycles. The van der Waals surface area contributed by atoms with Crippen LogP contribution < -0.4 is 0 Å². The van der Waals surface area contributed by atoms with Gasteiger partial charge in [-0.25, -0.2) is 0 Å². The van der Waals surface area contributed by atoms with Gasteiger partial charge in [-0.05, 0) is 51.4 Å². The second kappa shape index (κ2) is 11.3. The van der Waals surface area contributed by atoms with Crippen molar-refractivity contribution >= 4 is 14.6 Å². The fraction of sp³-hybridized carbons (Fsp3) is 0.905. The molecule has 7 heteroatoms. The van der Waals surface area contributed by atoms with E-state index in [0.29, 0.717) is 51.2 Å². The van der Waals surface area contributed by atoms with Gasteiger partial charge in [-0.15, -0.1) is 0 Å². The molecule has 2 atom stereocenters. The fourth-order valence-electron chi connectivity index (χ4n) is 5.03. The summed E-state index contributed by atoms with van der Waals surface area (Å²) in [5.41, 5.74) is 0.0696. The number of carbonyl (C=O) groups excluding carboxylic acids is 1. The smallest absolute Gasteiger partial charge is 0.427 e. The van der Waals surface area contributed by atoms with Crippen molar-refractivity contribution in [2.24, 2.45) is 16.7 Å². The third-order valence-electron chi connectivity index (χ3n) is 5.33. The number of nitriles is 1. The zero-order chi connectivity index (χ0) is 21.3. The van der Waals surface area contributed by atoms with Gasteiger partial charge in [-0.1, -0.05) is 20.8 Å². The molecule has 0 spiro atoms. The quantitative estimate of drug-likeness (QED) is 0.321. The number of ether oxygens (including phenoxy) is 1. The molecule has 0 bridgehead atoms. The second-order valence-corrected chi connectivity index (χ2v) is 11.8. The van der Waals surface area contributed by atoms with Crippen molar-refractivity contribution < 1.29 is 22.8 Å². The normalized spacial score (nSPS) is 24.5. The highest BCUT2D eigenvalue weighted by Crippen LogP contribution is 2.49. The van der Waals surface area contributed by atoms with E-state index in [2.05, 4.69) is 20.8 Å². The molecule has 1 rings (SSSR count). The van der Waals surface area contributed by atoms with E-state index < -0.39 is 8.80 Å². The van der Waals surface area contributed by atoms with Crippen molar-refractivity contribution in [1.29, 1.82) is 5.26 Å². The van der Waals surface area contributed by atoms with E-state index in [4.69, 9.17) is 23.3 Å². The molecule has 0 amide bonds. The molecule has 0 saturated heterocycles. The van der Waals surface area contributed by atoms with Gasteiger partial charge >= 0.3 is 8.80 Å². The minimum atomic E-state index is -2.78. The first-order valence-electron chi connectivity index (χ1n) is 10.6. The Morgan fingerprint density at radius 1 is 1.07 bits per heavy atom. The van der Waals surface area contributed by atoms with Crippen LogP contribution in [0.5, 0.6) is 0 Å². The molecule has 1 aliphatic carbocycles. The van der Waals surface area contributed by atoms with E-state index >= 15 is 0 Å². The second-order valence-electron chi connectivity index (χ2n) is 9.03. The summed E-state index contributed by atoms with van der Waals surface area (Å²) >= 11 is 0. The summed E-state index contributed by atoms with van der Waals surface area (Å²) in [5.74, 6) is 0.549. The van der Waals surface area contributed by atoms with Gasteiger partial charge in [0.05, 0.1) is 0 Å². The molecule has 0 N–H and O–H groups in total. The number of ketones is 1. The number of carbonyl (C=O) groups is 1. The summed E-state index contributed by atoms with van der Waals surface area (Å²) in [6.45, 7) is 14.4. The number of rotatable bonds is 13. The summed E-state index contributed by atoms with van der Waals surface area (Å²) in [7, 11) is -2.78. The van der Waals surface area contributed by atoms with E-state index in [9.17, 15) is 4.79 Å². The van der Waals surface area contributed by atoms with Crippen LogP contribution in [0, 0.1) is 28.3 Å². The third-order valence-corrected chi connectivity index (χ3v) is 8.38. The highest BCUT2D eigenvalue weighted by Gasteiger charge is 2.43. The van der Waals surface area contributed by atoms with Crippen LogP contribution >= 0.6 is 0 Å². The summed E-state index contributed by atoms with van der Waals surface area (Å²) in [6, 6.07) is 0.534. The van der Waals surface area contributed by atoms with Gasteiger partial charge in [0.25, 0.3) is 6.26 Å². The van der Waals surface area contributed by atoms with Gasteiger partial charge < -0.3 is 18.0 Å². The lowest BCUT2D eigenvalue weighted by Crippen LogP contribution is -2.46. The average Bonchev–Trinajstić information content (AvgIpc) is 2.57. The van der Waals surface area contributed by atoms with Crippen LogP contribution in [0.4, 0.5) is 0 Å². The lowest BCUT2D eigenvalue weighted by Gasteiger charge is -2.46. The van der Waals surface area contributed by atoms with Crippen LogP contribution in [0.15, 0.2) is 0 Å². The summed E-state index contributed by atoms with van der Waals surface area (Å²) in [5, 5.41) is 8.77. The fourth-order valence-corrected chi connectivity index (χ4v) is 7.62. The molecule has 2 unspecified atom stereocenters. The number of Topliss-reactive ketones (excluding diaryl/α,β-unsaturated/α-hetero) is 1. The lowest BCUT2D eigenvalue weighted by molar-refractivity contribution is -0.121. The maximum Gasteiger partial charge on any atom is 0.501 e. The molecule has 1 aliphatic rings. The van der Waals surface area contributed by atoms with Crippen LogP contribution in [-0.2, 0) is 22.8 Å². The molecule has 28 heavy (non-hydrogen) atoms. The predicted molar refractivity (Wildman–Crippen MR) is 110 cm³/mol. The first-order valence-corrected chi connectivity index (χ1v) is 12.5. The summed E-state index contributed by atoms with van der Waals surface area (Å²) in [4.78, 5) is 12.8. The first-order chi connectivity index (χ1) is 13.1. The van der Waals surface area contributed by atoms with Gasteiger partial charge in [-0.2, -0.15) is 5.26 Å². The van der Waals surface area contributed by atoms with Crippen molar-refractivity contribution in [3.63, 3.8) is 0 Å². The van der Waals surface area contributed by atoms with Gasteiger partial charge in [0, 0.05) is 44.1 Å². The zero-order valence-corrected chi connectivity index (χ0v) is 19.6. The zero-order valence-electron chi connectivity index (χ0n) is 18.6. The van der Waals surface area contributed by atoms with Gasteiger partial charge in [0.1, 0.15) is 12.4 Å². The Kier molecular flexibility index (Phi) is 10.1. The highest BCUT2D eigenvalue weighted by molar-refractivity contribution is 6.61. The summed E-state index contributed by atoms with van der Waals surface area (Å²) in [6.07, 6.45) is 5.71. The van der Waals surface area contributed by atoms with Crippen LogP contribution in [0.25, 0.3) is 0 Å². The largest absolute Gasteiger partial charge is 0.501 e. The highest BCUT2D eigenvalue weighted by atomic mass is 28.4. The summed E-state index contributed by atoms with van der Waals surface area (Å²) < 4.78 is 22.6. The number of hydrogen-bond acceptors (Lipinski definition) is 6. The van der Waals surface area contributed by atoms with E-state index in [1.807, 2.05) is 20.8 Å². The van der Waals surface area contributed by atoms with Gasteiger partial charge in [0.15, 0.2) is 0 Å². The van der Waals surface area contributed by atoms with Crippen molar-refractivity contribution in [1.82, 2.24) is 0 Å². The van der Waals surface area contributed by atoms with E-state index in [1.165, 1.54) is 0 Å². The molecular weight excluding hydrogens is 374 g/mol. The monoisotopic (exact) mass is 413 g/mol. The van der Waals surface area contributed by atoms with E-state index in [1.54, 1.807) is 6.26 Å². The standard InChI is InChI=1S/C21H39NO5Si/c1-7-25-28(26-8-2,27-9-3)11-10-19(23)12-18-13-20(4,5)15-21(6,14-18)16-24-17-22/h18H,7-16H2,1-6H3. The molecule has 0 aliphatic heterocycles. The van der Waals surface area contributed by atoms with Crippen LogP contribution in [0.3, 0.4) is 0 Å². The third kappa shape index (κ3) is 8.20. The topological polar surface area (TPSA) is 77.8 Å². The van der Waals surface area contributed by atoms with Crippen LogP contribution in [0.2, 0.25) is 6.04 Å². The molecule has 1 saturated carbocycles. The van der Waals surface area contributed by atoms with Crippen molar-refractivity contribution in [2.75, 3.05) is 26.4 Å². The van der Waals surface area contributed by atoms with Gasteiger partial charge in [-0.3, -0.25) is 4.79 Å². The Morgan fingerprint density at radius 2 is 1.64 bits per heavy atom. The maximum absolute atomic E-state index is 12.8. The average molecular weight is 414 g/mol. The Labute approximate surface area is 172 Å². The molecule has 0 aromatic rings.